The van der Waals surface area contributed by atoms with E-state index in [0.717, 1.165) is 29.8 Å². The standard InChI is InChI=1S/C30H31ClN8O3/c1-30(16-42-17-30)29(41)38-11-3-4-21(15-38)27-37-24(25-26(32)35-14-22(31)39(25)27)19-5-7-20(8-6-19)28(40)36-23-12-18(13-33-2)9-10-34-23/h5-10,12-14,21H,3-4,11,15-17H2,1-2H3,(H2,32,35)(H,34,36,40)/b33-13+/t21-/m1/s1. The largest absolute Gasteiger partial charge is 0.382 e. The van der Waals surface area contributed by atoms with Gasteiger partial charge >= 0.3 is 0 Å². The second kappa shape index (κ2) is 11.1. The summed E-state index contributed by atoms with van der Waals surface area (Å²) in [7, 11) is 1.68. The van der Waals surface area contributed by atoms with Crippen LogP contribution in [0.3, 0.4) is 0 Å². The minimum atomic E-state index is -0.468. The minimum Gasteiger partial charge on any atom is -0.382 e. The number of carbonyl (C=O) groups is 2. The van der Waals surface area contributed by atoms with Gasteiger partial charge in [-0.2, -0.15) is 0 Å². The van der Waals surface area contributed by atoms with Crippen molar-refractivity contribution in [2.24, 2.45) is 10.4 Å². The van der Waals surface area contributed by atoms with Crippen molar-refractivity contribution in [1.82, 2.24) is 24.3 Å². The number of nitrogen functional groups attached to an aromatic ring is 1. The third-order valence-electron chi connectivity index (χ3n) is 7.83. The number of piperidine rings is 1. The maximum absolute atomic E-state index is 13.3. The Balaban J connectivity index is 1.29. The van der Waals surface area contributed by atoms with Crippen LogP contribution in [-0.2, 0) is 9.53 Å². The molecule has 0 spiro atoms. The number of aromatic nitrogens is 4. The van der Waals surface area contributed by atoms with E-state index in [1.165, 1.54) is 6.20 Å². The third kappa shape index (κ3) is 5.10. The summed E-state index contributed by atoms with van der Waals surface area (Å²) in [5.41, 5.74) is 9.16. The van der Waals surface area contributed by atoms with Gasteiger partial charge in [-0.25, -0.2) is 15.0 Å². The number of anilines is 2. The van der Waals surface area contributed by atoms with Gasteiger partial charge in [-0.05, 0) is 49.6 Å². The first-order chi connectivity index (χ1) is 20.3. The van der Waals surface area contributed by atoms with E-state index in [-0.39, 0.29) is 17.7 Å². The SMILES string of the molecule is C/N=C/c1ccnc(NC(=O)c2ccc(-c3nc([C@@H]4CCCN(C(=O)C5(C)COC5)C4)n4c(Cl)cnc(N)c34)cc2)c1. The number of fused-ring (bicyclic) bond motifs is 1. The number of pyridine rings is 1. The van der Waals surface area contributed by atoms with Crippen LogP contribution >= 0.6 is 11.6 Å². The Labute approximate surface area is 247 Å². The molecule has 3 aromatic heterocycles. The van der Waals surface area contributed by atoms with Crippen molar-refractivity contribution in [1.29, 1.82) is 0 Å². The first-order valence-corrected chi connectivity index (χ1v) is 14.1. The first kappa shape index (κ1) is 27.8. The summed E-state index contributed by atoms with van der Waals surface area (Å²) >= 11 is 6.67. The van der Waals surface area contributed by atoms with Crippen LogP contribution in [0.25, 0.3) is 16.8 Å². The van der Waals surface area contributed by atoms with E-state index in [4.69, 9.17) is 27.1 Å². The molecule has 1 aromatic carbocycles. The highest BCUT2D eigenvalue weighted by Gasteiger charge is 2.45. The molecule has 3 N–H and O–H groups in total. The summed E-state index contributed by atoms with van der Waals surface area (Å²) in [6.45, 7) is 4.08. The molecule has 0 saturated carbocycles. The molecular formula is C30H31ClN8O3. The molecule has 2 saturated heterocycles. The van der Waals surface area contributed by atoms with Crippen LogP contribution in [-0.4, -0.2) is 75.6 Å². The number of carbonyl (C=O) groups excluding carboxylic acids is 2. The fourth-order valence-corrected chi connectivity index (χ4v) is 5.83. The van der Waals surface area contributed by atoms with E-state index in [1.807, 2.05) is 28.4 Å². The lowest BCUT2D eigenvalue weighted by atomic mass is 9.85. The maximum atomic E-state index is 13.3. The molecule has 0 unspecified atom stereocenters. The molecule has 2 aliphatic rings. The zero-order valence-electron chi connectivity index (χ0n) is 23.4. The van der Waals surface area contributed by atoms with E-state index < -0.39 is 5.41 Å². The molecule has 1 atom stereocenters. The average molecular weight is 587 g/mol. The highest BCUT2D eigenvalue weighted by molar-refractivity contribution is 6.30. The van der Waals surface area contributed by atoms with Crippen LogP contribution in [0.5, 0.6) is 0 Å². The fraction of sp³-hybridized carbons (Fsp3) is 0.333. The monoisotopic (exact) mass is 586 g/mol. The first-order valence-electron chi connectivity index (χ1n) is 13.8. The van der Waals surface area contributed by atoms with E-state index in [9.17, 15) is 9.59 Å². The van der Waals surface area contributed by atoms with Gasteiger partial charge in [0.1, 0.15) is 33.8 Å². The van der Waals surface area contributed by atoms with E-state index >= 15 is 0 Å². The molecule has 0 bridgehead atoms. The van der Waals surface area contributed by atoms with Gasteiger partial charge in [0.25, 0.3) is 5.91 Å². The number of ether oxygens (including phenoxy) is 1. The Morgan fingerprint density at radius 2 is 2.00 bits per heavy atom. The number of aliphatic imine (C=N–C) groups is 1. The fourth-order valence-electron chi connectivity index (χ4n) is 5.61. The summed E-state index contributed by atoms with van der Waals surface area (Å²) in [5.74, 6) is 1.23. The van der Waals surface area contributed by atoms with Gasteiger partial charge in [0.2, 0.25) is 5.91 Å². The van der Waals surface area contributed by atoms with Crippen LogP contribution < -0.4 is 11.1 Å². The smallest absolute Gasteiger partial charge is 0.256 e. The normalized spacial score (nSPS) is 18.3. The summed E-state index contributed by atoms with van der Waals surface area (Å²) in [5, 5.41) is 3.21. The number of imidazole rings is 1. The molecule has 2 amide bonds. The van der Waals surface area contributed by atoms with Gasteiger partial charge in [-0.3, -0.25) is 19.0 Å². The van der Waals surface area contributed by atoms with Crippen molar-refractivity contribution in [3.8, 4) is 11.3 Å². The van der Waals surface area contributed by atoms with Gasteiger partial charge in [-0.15, -0.1) is 0 Å². The highest BCUT2D eigenvalue weighted by atomic mass is 35.5. The third-order valence-corrected chi connectivity index (χ3v) is 8.09. The average Bonchev–Trinajstić information content (AvgIpc) is 3.40. The Morgan fingerprint density at radius 3 is 2.71 bits per heavy atom. The summed E-state index contributed by atoms with van der Waals surface area (Å²) in [6.07, 6.45) is 6.52. The summed E-state index contributed by atoms with van der Waals surface area (Å²) in [4.78, 5) is 45.7. The number of nitrogens with one attached hydrogen (secondary N) is 1. The molecule has 5 heterocycles. The number of nitrogens with two attached hydrogens (primary N) is 1. The summed E-state index contributed by atoms with van der Waals surface area (Å²) in [6, 6.07) is 10.6. The zero-order valence-corrected chi connectivity index (χ0v) is 24.1. The van der Waals surface area contributed by atoms with Crippen LogP contribution in [0, 0.1) is 5.41 Å². The zero-order chi connectivity index (χ0) is 29.4. The quantitative estimate of drug-likeness (QED) is 0.325. The van der Waals surface area contributed by atoms with Gasteiger partial charge in [0.15, 0.2) is 0 Å². The predicted molar refractivity (Wildman–Crippen MR) is 161 cm³/mol. The number of nitrogens with zero attached hydrogens (tertiary/aromatic N) is 6. The van der Waals surface area contributed by atoms with Gasteiger partial charge in [0.05, 0.1) is 24.8 Å². The topological polar surface area (TPSA) is 140 Å². The molecule has 6 rings (SSSR count). The molecule has 4 aromatic rings. The van der Waals surface area contributed by atoms with E-state index in [0.29, 0.717) is 59.9 Å². The van der Waals surface area contributed by atoms with Gasteiger partial charge in [0, 0.05) is 49.6 Å². The van der Waals surface area contributed by atoms with E-state index in [2.05, 4.69) is 20.3 Å². The molecule has 216 valence electrons. The van der Waals surface area contributed by atoms with E-state index in [1.54, 1.807) is 43.7 Å². The molecule has 0 aliphatic carbocycles. The Bertz CT molecular complexity index is 1700. The second-order valence-corrected chi connectivity index (χ2v) is 11.4. The van der Waals surface area contributed by atoms with Crippen molar-refractivity contribution in [3.63, 3.8) is 0 Å². The predicted octanol–water partition coefficient (Wildman–Crippen LogP) is 4.07. The van der Waals surface area contributed by atoms with Crippen LogP contribution in [0.2, 0.25) is 5.15 Å². The Kier molecular flexibility index (Phi) is 7.38. The van der Waals surface area contributed by atoms with Crippen molar-refractivity contribution >= 4 is 46.8 Å². The van der Waals surface area contributed by atoms with Gasteiger partial charge < -0.3 is 20.7 Å². The van der Waals surface area contributed by atoms with Gasteiger partial charge in [-0.1, -0.05) is 23.7 Å². The number of rotatable bonds is 6. The Hall–Kier alpha value is -4.35. The number of likely N-dealkylation sites (tertiary alicyclic amines) is 1. The number of halogens is 1. The van der Waals surface area contributed by atoms with Crippen LogP contribution in [0.1, 0.15) is 47.4 Å². The van der Waals surface area contributed by atoms with Crippen molar-refractivity contribution in [2.75, 3.05) is 44.4 Å². The molecule has 42 heavy (non-hydrogen) atoms. The number of hydrogen-bond acceptors (Lipinski definition) is 8. The lowest BCUT2D eigenvalue weighted by Crippen LogP contribution is -2.55. The Morgan fingerprint density at radius 1 is 1.21 bits per heavy atom. The second-order valence-electron chi connectivity index (χ2n) is 11.0. The van der Waals surface area contributed by atoms with Crippen LogP contribution in [0.4, 0.5) is 11.6 Å². The molecule has 0 radical (unpaired) electrons. The number of amides is 2. The lowest BCUT2D eigenvalue weighted by Gasteiger charge is -2.42. The molecule has 12 heteroatoms. The molecule has 2 aliphatic heterocycles. The van der Waals surface area contributed by atoms with Crippen LogP contribution in [0.15, 0.2) is 53.8 Å². The molecular weight excluding hydrogens is 556 g/mol. The molecule has 11 nitrogen and oxygen atoms in total. The number of benzene rings is 1. The number of hydrogen-bond donors (Lipinski definition) is 2. The molecule has 2 fully saturated rings. The van der Waals surface area contributed by atoms with Crippen molar-refractivity contribution in [2.45, 2.75) is 25.7 Å². The lowest BCUT2D eigenvalue weighted by molar-refractivity contribution is -0.169. The highest BCUT2D eigenvalue weighted by Crippen LogP contribution is 2.37. The maximum Gasteiger partial charge on any atom is 0.256 e. The minimum absolute atomic E-state index is 0.0427. The van der Waals surface area contributed by atoms with Crippen molar-refractivity contribution in [3.05, 3.63) is 70.9 Å². The van der Waals surface area contributed by atoms with Crippen molar-refractivity contribution < 1.29 is 14.3 Å². The summed E-state index contributed by atoms with van der Waals surface area (Å²) < 4.78 is 7.17.